The van der Waals surface area contributed by atoms with Crippen LogP contribution in [0.2, 0.25) is 0 Å². The third kappa shape index (κ3) is 3.55. The molecule has 1 fully saturated rings. The number of nitrogens with zero attached hydrogens (tertiary/aromatic N) is 3. The number of likely N-dealkylation sites (N-methyl/N-ethyl adjacent to an activating group) is 2. The van der Waals surface area contributed by atoms with E-state index in [1.807, 2.05) is 0 Å². The van der Waals surface area contributed by atoms with Crippen molar-refractivity contribution in [2.45, 2.75) is 49.8 Å². The second-order valence-corrected chi connectivity index (χ2v) is 10.3. The van der Waals surface area contributed by atoms with Crippen LogP contribution in [0.15, 0.2) is 23.1 Å². The first-order chi connectivity index (χ1) is 13.1. The van der Waals surface area contributed by atoms with E-state index in [2.05, 4.69) is 0 Å². The molecular formula is C20H29N3O4S. The van der Waals surface area contributed by atoms with Crippen LogP contribution in [0.4, 0.5) is 5.69 Å². The van der Waals surface area contributed by atoms with Gasteiger partial charge in [0.05, 0.1) is 16.9 Å². The number of rotatable bonds is 4. The van der Waals surface area contributed by atoms with E-state index in [1.165, 1.54) is 13.1 Å². The number of fused-ring (bicyclic) bond motifs is 1. The Morgan fingerprint density at radius 1 is 1.14 bits per heavy atom. The van der Waals surface area contributed by atoms with E-state index < -0.39 is 15.4 Å². The lowest BCUT2D eigenvalue weighted by Gasteiger charge is -2.24. The number of hydrogen-bond donors (Lipinski definition) is 0. The van der Waals surface area contributed by atoms with Gasteiger partial charge in [-0.2, -0.15) is 4.31 Å². The van der Waals surface area contributed by atoms with Crippen molar-refractivity contribution >= 4 is 27.5 Å². The maximum absolute atomic E-state index is 13.0. The van der Waals surface area contributed by atoms with Gasteiger partial charge in [0, 0.05) is 32.9 Å². The molecule has 0 unspecified atom stereocenters. The summed E-state index contributed by atoms with van der Waals surface area (Å²) in [5.41, 5.74) is 0.626. The minimum absolute atomic E-state index is 0.0678. The summed E-state index contributed by atoms with van der Waals surface area (Å²) >= 11 is 0. The molecule has 3 rings (SSSR count). The predicted octanol–water partition coefficient (Wildman–Crippen LogP) is 1.96. The first-order valence-electron chi connectivity index (χ1n) is 9.73. The lowest BCUT2D eigenvalue weighted by molar-refractivity contribution is -0.131. The van der Waals surface area contributed by atoms with E-state index in [1.54, 1.807) is 42.8 Å². The van der Waals surface area contributed by atoms with Crippen molar-refractivity contribution in [1.82, 2.24) is 9.21 Å². The molecule has 1 saturated heterocycles. The van der Waals surface area contributed by atoms with Crippen LogP contribution >= 0.6 is 0 Å². The second-order valence-electron chi connectivity index (χ2n) is 8.22. The molecule has 2 aliphatic rings. The number of hydrogen-bond acceptors (Lipinski definition) is 4. The van der Waals surface area contributed by atoms with E-state index in [9.17, 15) is 18.0 Å². The van der Waals surface area contributed by atoms with Crippen molar-refractivity contribution in [3.63, 3.8) is 0 Å². The van der Waals surface area contributed by atoms with Crippen LogP contribution in [0.1, 0.15) is 45.1 Å². The Bertz CT molecular complexity index is 887. The van der Waals surface area contributed by atoms with Crippen molar-refractivity contribution in [1.29, 1.82) is 0 Å². The van der Waals surface area contributed by atoms with Crippen molar-refractivity contribution in [3.8, 4) is 0 Å². The molecule has 1 aromatic rings. The Kier molecular flexibility index (Phi) is 5.55. The van der Waals surface area contributed by atoms with E-state index in [0.29, 0.717) is 18.7 Å². The molecule has 2 amide bonds. The Balaban J connectivity index is 1.82. The molecule has 0 spiro atoms. The number of sulfonamides is 1. The summed E-state index contributed by atoms with van der Waals surface area (Å²) < 4.78 is 27.2. The fraction of sp³-hybridized carbons (Fsp3) is 0.600. The quantitative estimate of drug-likeness (QED) is 0.764. The summed E-state index contributed by atoms with van der Waals surface area (Å²) in [6.07, 6.45) is 4.14. The average molecular weight is 408 g/mol. The number of likely N-dealkylation sites (tertiary alicyclic amines) is 1. The molecule has 0 N–H and O–H groups in total. The normalized spacial score (nSPS) is 19.7. The molecule has 1 aromatic carbocycles. The molecule has 0 radical (unpaired) electrons. The molecule has 7 nitrogen and oxygen atoms in total. The number of anilines is 1. The zero-order valence-electron chi connectivity index (χ0n) is 17.1. The van der Waals surface area contributed by atoms with E-state index in [4.69, 9.17) is 0 Å². The van der Waals surface area contributed by atoms with Gasteiger partial charge in [0.1, 0.15) is 0 Å². The molecule has 154 valence electrons. The third-order valence-electron chi connectivity index (χ3n) is 5.87. The van der Waals surface area contributed by atoms with Gasteiger partial charge in [-0.1, -0.05) is 12.8 Å². The van der Waals surface area contributed by atoms with E-state index in [0.717, 1.165) is 35.7 Å². The molecule has 0 aliphatic carbocycles. The Labute approximate surface area is 167 Å². The SMILES string of the molecule is CN1C(=O)C(C)(C)c2cc(S(=O)(=O)N(C)CC(=O)N3CCCCCC3)ccc21. The van der Waals surface area contributed by atoms with Crippen molar-refractivity contribution in [3.05, 3.63) is 23.8 Å². The van der Waals surface area contributed by atoms with E-state index >= 15 is 0 Å². The molecule has 0 bridgehead atoms. The summed E-state index contributed by atoms with van der Waals surface area (Å²) in [6, 6.07) is 4.74. The van der Waals surface area contributed by atoms with Gasteiger partial charge in [-0.15, -0.1) is 0 Å². The lowest BCUT2D eigenvalue weighted by atomic mass is 9.86. The fourth-order valence-corrected chi connectivity index (χ4v) is 5.14. The highest BCUT2D eigenvalue weighted by atomic mass is 32.2. The maximum Gasteiger partial charge on any atom is 0.243 e. The predicted molar refractivity (Wildman–Crippen MR) is 108 cm³/mol. The summed E-state index contributed by atoms with van der Waals surface area (Å²) in [6.45, 7) is 4.78. The van der Waals surface area contributed by atoms with Gasteiger partial charge in [-0.3, -0.25) is 9.59 Å². The van der Waals surface area contributed by atoms with Gasteiger partial charge in [0.2, 0.25) is 21.8 Å². The molecule has 28 heavy (non-hydrogen) atoms. The van der Waals surface area contributed by atoms with Gasteiger partial charge in [-0.25, -0.2) is 8.42 Å². The van der Waals surface area contributed by atoms with Gasteiger partial charge in [0.25, 0.3) is 0 Å². The molecule has 0 saturated carbocycles. The number of carbonyl (C=O) groups is 2. The smallest absolute Gasteiger partial charge is 0.243 e. The van der Waals surface area contributed by atoms with Crippen LogP contribution in [0.25, 0.3) is 0 Å². The fourth-order valence-electron chi connectivity index (χ4n) is 3.99. The van der Waals surface area contributed by atoms with Gasteiger partial charge in [-0.05, 0) is 50.5 Å². The van der Waals surface area contributed by atoms with Crippen molar-refractivity contribution in [2.24, 2.45) is 0 Å². The highest BCUT2D eigenvalue weighted by molar-refractivity contribution is 7.89. The summed E-state index contributed by atoms with van der Waals surface area (Å²) in [5, 5.41) is 0. The summed E-state index contributed by atoms with van der Waals surface area (Å²) in [7, 11) is -0.711. The van der Waals surface area contributed by atoms with Crippen LogP contribution in [0, 0.1) is 0 Å². The van der Waals surface area contributed by atoms with Crippen LogP contribution in [-0.4, -0.2) is 63.2 Å². The first-order valence-corrected chi connectivity index (χ1v) is 11.2. The topological polar surface area (TPSA) is 78.0 Å². The lowest BCUT2D eigenvalue weighted by Crippen LogP contribution is -2.41. The van der Waals surface area contributed by atoms with E-state index in [-0.39, 0.29) is 23.3 Å². The minimum atomic E-state index is -3.83. The largest absolute Gasteiger partial charge is 0.342 e. The van der Waals surface area contributed by atoms with Crippen molar-refractivity contribution < 1.29 is 18.0 Å². The van der Waals surface area contributed by atoms with Crippen molar-refractivity contribution in [2.75, 3.05) is 38.6 Å². The zero-order chi connectivity index (χ0) is 20.7. The zero-order valence-corrected chi connectivity index (χ0v) is 17.9. The highest BCUT2D eigenvalue weighted by Gasteiger charge is 2.43. The Morgan fingerprint density at radius 2 is 1.75 bits per heavy atom. The Morgan fingerprint density at radius 3 is 2.36 bits per heavy atom. The first kappa shape index (κ1) is 20.8. The molecule has 8 heteroatoms. The third-order valence-corrected chi connectivity index (χ3v) is 7.67. The second kappa shape index (κ2) is 7.48. The van der Waals surface area contributed by atoms with Crippen LogP contribution < -0.4 is 4.90 Å². The molecule has 0 atom stereocenters. The van der Waals surface area contributed by atoms with Crippen LogP contribution in [0.3, 0.4) is 0 Å². The van der Waals surface area contributed by atoms with Gasteiger partial charge < -0.3 is 9.80 Å². The summed E-state index contributed by atoms with van der Waals surface area (Å²) in [5.74, 6) is -0.230. The van der Waals surface area contributed by atoms with Gasteiger partial charge >= 0.3 is 0 Å². The maximum atomic E-state index is 13.0. The molecule has 2 heterocycles. The number of amides is 2. The molecular weight excluding hydrogens is 378 g/mol. The Hall–Kier alpha value is -1.93. The molecule has 2 aliphatic heterocycles. The molecule has 0 aromatic heterocycles. The summed E-state index contributed by atoms with van der Waals surface area (Å²) in [4.78, 5) is 28.4. The minimum Gasteiger partial charge on any atom is -0.342 e. The van der Waals surface area contributed by atoms with Crippen LogP contribution in [-0.2, 0) is 25.0 Å². The monoisotopic (exact) mass is 407 g/mol. The van der Waals surface area contributed by atoms with Crippen LogP contribution in [0.5, 0.6) is 0 Å². The average Bonchev–Trinajstić information content (AvgIpc) is 2.88. The van der Waals surface area contributed by atoms with Gasteiger partial charge in [0.15, 0.2) is 0 Å². The highest BCUT2D eigenvalue weighted by Crippen LogP contribution is 2.41. The standard InChI is InChI=1S/C20H29N3O4S/c1-20(2)16-13-15(9-10-17(16)22(4)19(20)25)28(26,27)21(3)14-18(24)23-11-7-5-6-8-12-23/h9-10,13H,5-8,11-12,14H2,1-4H3. The number of carbonyl (C=O) groups excluding carboxylic acids is 2. The number of benzene rings is 1.